The van der Waals surface area contributed by atoms with Crippen LogP contribution in [0.4, 0.5) is 0 Å². The van der Waals surface area contributed by atoms with Gasteiger partial charge in [0.25, 0.3) is 0 Å². The number of hydrogen-bond donors (Lipinski definition) is 1. The van der Waals surface area contributed by atoms with Gasteiger partial charge in [0.2, 0.25) is 0 Å². The SMILES string of the molecule is Cc1ccccc1C(C)N1C2CCC1CC(N)C2. The minimum absolute atomic E-state index is 0.433. The molecule has 0 radical (unpaired) electrons. The average molecular weight is 244 g/mol. The van der Waals surface area contributed by atoms with Gasteiger partial charge in [0.15, 0.2) is 0 Å². The van der Waals surface area contributed by atoms with E-state index in [1.807, 2.05) is 0 Å². The van der Waals surface area contributed by atoms with E-state index >= 15 is 0 Å². The summed E-state index contributed by atoms with van der Waals surface area (Å²) in [5.74, 6) is 0. The van der Waals surface area contributed by atoms with Crippen molar-refractivity contribution in [2.24, 2.45) is 5.73 Å². The minimum atomic E-state index is 0.433. The lowest BCUT2D eigenvalue weighted by molar-refractivity contribution is 0.0851. The van der Waals surface area contributed by atoms with Crippen molar-refractivity contribution in [1.29, 1.82) is 0 Å². The normalized spacial score (nSPS) is 33.6. The summed E-state index contributed by atoms with van der Waals surface area (Å²) in [4.78, 5) is 2.74. The lowest BCUT2D eigenvalue weighted by atomic mass is 9.93. The molecule has 0 aromatic heterocycles. The van der Waals surface area contributed by atoms with Crippen molar-refractivity contribution in [2.75, 3.05) is 0 Å². The first-order valence-electron chi connectivity index (χ1n) is 7.25. The number of hydrogen-bond acceptors (Lipinski definition) is 2. The Morgan fingerprint density at radius 1 is 1.17 bits per heavy atom. The minimum Gasteiger partial charge on any atom is -0.328 e. The molecule has 2 N–H and O–H groups in total. The molecule has 0 saturated carbocycles. The Hall–Kier alpha value is -0.860. The van der Waals surface area contributed by atoms with Crippen LogP contribution in [0.5, 0.6) is 0 Å². The fourth-order valence-electron chi connectivity index (χ4n) is 4.10. The van der Waals surface area contributed by atoms with E-state index in [1.54, 1.807) is 0 Å². The molecule has 2 fully saturated rings. The fraction of sp³-hybridized carbons (Fsp3) is 0.625. The molecule has 1 aromatic carbocycles. The number of nitrogens with zero attached hydrogens (tertiary/aromatic N) is 1. The molecule has 0 aliphatic carbocycles. The second-order valence-electron chi connectivity index (χ2n) is 6.10. The zero-order valence-corrected chi connectivity index (χ0v) is 11.5. The first-order chi connectivity index (χ1) is 8.66. The van der Waals surface area contributed by atoms with Crippen LogP contribution >= 0.6 is 0 Å². The van der Waals surface area contributed by atoms with Crippen molar-refractivity contribution in [1.82, 2.24) is 4.90 Å². The number of nitrogens with two attached hydrogens (primary N) is 1. The number of aryl methyl sites for hydroxylation is 1. The van der Waals surface area contributed by atoms with Crippen LogP contribution in [0.3, 0.4) is 0 Å². The smallest absolute Gasteiger partial charge is 0.0328 e. The molecule has 0 spiro atoms. The van der Waals surface area contributed by atoms with Crippen LogP contribution in [0.25, 0.3) is 0 Å². The lowest BCUT2D eigenvalue weighted by Crippen LogP contribution is -2.48. The maximum absolute atomic E-state index is 6.16. The third kappa shape index (κ3) is 1.98. The van der Waals surface area contributed by atoms with Gasteiger partial charge in [-0.25, -0.2) is 0 Å². The van der Waals surface area contributed by atoms with E-state index in [1.165, 1.54) is 36.8 Å². The largest absolute Gasteiger partial charge is 0.328 e. The molecule has 0 amide bonds. The summed E-state index contributed by atoms with van der Waals surface area (Å²) >= 11 is 0. The predicted molar refractivity (Wildman–Crippen MR) is 75.5 cm³/mol. The predicted octanol–water partition coefficient (Wildman–Crippen LogP) is 3.01. The zero-order valence-electron chi connectivity index (χ0n) is 11.5. The molecule has 1 aromatic rings. The molecule has 2 heteroatoms. The molecule has 18 heavy (non-hydrogen) atoms. The van der Waals surface area contributed by atoms with Crippen LogP contribution < -0.4 is 5.73 Å². The zero-order chi connectivity index (χ0) is 12.7. The number of benzene rings is 1. The Bertz CT molecular complexity index is 415. The van der Waals surface area contributed by atoms with Crippen LogP contribution in [0, 0.1) is 6.92 Å². The molecule has 2 aliphatic heterocycles. The van der Waals surface area contributed by atoms with Gasteiger partial charge in [-0.3, -0.25) is 4.90 Å². The summed E-state index contributed by atoms with van der Waals surface area (Å²) in [5, 5.41) is 0. The summed E-state index contributed by atoms with van der Waals surface area (Å²) in [6.07, 6.45) is 5.06. The highest BCUT2D eigenvalue weighted by molar-refractivity contribution is 5.29. The van der Waals surface area contributed by atoms with Crippen molar-refractivity contribution in [3.63, 3.8) is 0 Å². The Morgan fingerprint density at radius 3 is 2.39 bits per heavy atom. The standard InChI is InChI=1S/C16H24N2/c1-11-5-3-4-6-16(11)12(2)18-14-7-8-15(18)10-13(17)9-14/h3-6,12-15H,7-10,17H2,1-2H3. The first kappa shape index (κ1) is 12.2. The van der Waals surface area contributed by atoms with Gasteiger partial charge < -0.3 is 5.73 Å². The fourth-order valence-corrected chi connectivity index (χ4v) is 4.10. The van der Waals surface area contributed by atoms with E-state index in [0.717, 1.165) is 0 Å². The van der Waals surface area contributed by atoms with Gasteiger partial charge in [0.05, 0.1) is 0 Å². The van der Waals surface area contributed by atoms with E-state index in [-0.39, 0.29) is 0 Å². The van der Waals surface area contributed by atoms with Gasteiger partial charge in [0, 0.05) is 24.2 Å². The van der Waals surface area contributed by atoms with E-state index < -0.39 is 0 Å². The second-order valence-corrected chi connectivity index (χ2v) is 6.10. The van der Waals surface area contributed by atoms with Gasteiger partial charge in [-0.05, 0) is 50.7 Å². The van der Waals surface area contributed by atoms with Crippen molar-refractivity contribution < 1.29 is 0 Å². The number of fused-ring (bicyclic) bond motifs is 2. The summed E-state index contributed by atoms with van der Waals surface area (Å²) in [6.45, 7) is 4.59. The van der Waals surface area contributed by atoms with Crippen LogP contribution in [0.2, 0.25) is 0 Å². The molecule has 2 saturated heterocycles. The quantitative estimate of drug-likeness (QED) is 0.866. The molecule has 2 nitrogen and oxygen atoms in total. The second kappa shape index (κ2) is 4.67. The Kier molecular flexibility index (Phi) is 3.16. The highest BCUT2D eigenvalue weighted by atomic mass is 15.2. The highest BCUT2D eigenvalue weighted by Crippen LogP contribution is 2.41. The van der Waals surface area contributed by atoms with Crippen molar-refractivity contribution in [2.45, 2.75) is 63.7 Å². The van der Waals surface area contributed by atoms with Gasteiger partial charge >= 0.3 is 0 Å². The molecule has 98 valence electrons. The summed E-state index contributed by atoms with van der Waals surface area (Å²) < 4.78 is 0. The summed E-state index contributed by atoms with van der Waals surface area (Å²) in [7, 11) is 0. The van der Waals surface area contributed by atoms with Crippen LogP contribution in [-0.2, 0) is 0 Å². The molecule has 3 atom stereocenters. The molecular formula is C16H24N2. The van der Waals surface area contributed by atoms with E-state index in [4.69, 9.17) is 5.73 Å². The molecule has 3 rings (SSSR count). The van der Waals surface area contributed by atoms with Gasteiger partial charge in [-0.2, -0.15) is 0 Å². The van der Waals surface area contributed by atoms with E-state index in [9.17, 15) is 0 Å². The molecular weight excluding hydrogens is 220 g/mol. The van der Waals surface area contributed by atoms with E-state index in [0.29, 0.717) is 24.2 Å². The first-order valence-corrected chi connectivity index (χ1v) is 7.25. The number of rotatable bonds is 2. The molecule has 2 bridgehead atoms. The Labute approximate surface area is 110 Å². The topological polar surface area (TPSA) is 29.3 Å². The molecule has 2 aliphatic rings. The average Bonchev–Trinajstić information content (AvgIpc) is 2.61. The summed E-state index contributed by atoms with van der Waals surface area (Å²) in [5.41, 5.74) is 9.07. The van der Waals surface area contributed by atoms with Crippen molar-refractivity contribution in [3.05, 3.63) is 35.4 Å². The maximum Gasteiger partial charge on any atom is 0.0328 e. The van der Waals surface area contributed by atoms with Crippen LogP contribution in [-0.4, -0.2) is 23.0 Å². The Morgan fingerprint density at radius 2 is 1.78 bits per heavy atom. The lowest BCUT2D eigenvalue weighted by Gasteiger charge is -2.42. The molecule has 2 heterocycles. The summed E-state index contributed by atoms with van der Waals surface area (Å²) in [6, 6.07) is 11.2. The third-order valence-electron chi connectivity index (χ3n) is 4.91. The van der Waals surface area contributed by atoms with Crippen LogP contribution in [0.15, 0.2) is 24.3 Å². The van der Waals surface area contributed by atoms with Gasteiger partial charge in [-0.15, -0.1) is 0 Å². The van der Waals surface area contributed by atoms with Gasteiger partial charge in [0.1, 0.15) is 0 Å². The Balaban J connectivity index is 1.86. The van der Waals surface area contributed by atoms with E-state index in [2.05, 4.69) is 43.0 Å². The number of piperidine rings is 1. The molecule has 3 unspecified atom stereocenters. The van der Waals surface area contributed by atoms with Crippen molar-refractivity contribution in [3.8, 4) is 0 Å². The van der Waals surface area contributed by atoms with Crippen LogP contribution in [0.1, 0.15) is 49.8 Å². The van der Waals surface area contributed by atoms with Crippen molar-refractivity contribution >= 4 is 0 Å². The monoisotopic (exact) mass is 244 g/mol. The third-order valence-corrected chi connectivity index (χ3v) is 4.91. The maximum atomic E-state index is 6.16. The highest BCUT2D eigenvalue weighted by Gasteiger charge is 2.42. The van der Waals surface area contributed by atoms with Gasteiger partial charge in [-0.1, -0.05) is 24.3 Å².